The maximum absolute atomic E-state index is 13.0. The summed E-state index contributed by atoms with van der Waals surface area (Å²) in [5.41, 5.74) is 1.72. The van der Waals surface area contributed by atoms with Crippen LogP contribution in [0.15, 0.2) is 47.4 Å². The monoisotopic (exact) mass is 497 g/mol. The van der Waals surface area contributed by atoms with E-state index in [9.17, 15) is 14.4 Å². The van der Waals surface area contributed by atoms with Gasteiger partial charge in [0.1, 0.15) is 6.54 Å². The molecule has 0 bridgehead atoms. The quantitative estimate of drug-likeness (QED) is 0.540. The van der Waals surface area contributed by atoms with Gasteiger partial charge >= 0.3 is 0 Å². The highest BCUT2D eigenvalue weighted by molar-refractivity contribution is 8.18. The molecule has 2 aliphatic rings. The molecular formula is C25H27N3O6S. The maximum atomic E-state index is 13.0. The van der Waals surface area contributed by atoms with Crippen LogP contribution in [-0.2, 0) is 9.59 Å². The summed E-state index contributed by atoms with van der Waals surface area (Å²) in [6.07, 6.45) is 1.58. The van der Waals surface area contributed by atoms with Gasteiger partial charge in [-0.1, -0.05) is 18.2 Å². The molecule has 0 radical (unpaired) electrons. The topological polar surface area (TPSA) is 88.6 Å². The van der Waals surface area contributed by atoms with Gasteiger partial charge in [-0.2, -0.15) is 0 Å². The number of hydrogen-bond donors (Lipinski definition) is 0. The van der Waals surface area contributed by atoms with Gasteiger partial charge in [-0.25, -0.2) is 0 Å². The second kappa shape index (κ2) is 10.7. The van der Waals surface area contributed by atoms with E-state index in [2.05, 4.69) is 4.90 Å². The summed E-state index contributed by atoms with van der Waals surface area (Å²) in [4.78, 5) is 43.5. The maximum Gasteiger partial charge on any atom is 0.294 e. The first-order valence-corrected chi connectivity index (χ1v) is 11.9. The minimum atomic E-state index is -0.495. The lowest BCUT2D eigenvalue weighted by atomic mass is 10.1. The Kier molecular flexibility index (Phi) is 7.50. The van der Waals surface area contributed by atoms with Crippen molar-refractivity contribution in [2.45, 2.75) is 0 Å². The minimum absolute atomic E-state index is 0.228. The van der Waals surface area contributed by atoms with Gasteiger partial charge in [0.25, 0.3) is 11.1 Å². The Morgan fingerprint density at radius 3 is 2.14 bits per heavy atom. The summed E-state index contributed by atoms with van der Waals surface area (Å²) < 4.78 is 16.0. The Bertz CT molecular complexity index is 1120. The molecule has 2 aliphatic heterocycles. The molecule has 9 nitrogen and oxygen atoms in total. The molecular weight excluding hydrogens is 470 g/mol. The molecule has 0 aromatic heterocycles. The second-order valence-electron chi connectivity index (χ2n) is 7.93. The van der Waals surface area contributed by atoms with Gasteiger partial charge in [-0.05, 0) is 47.7 Å². The highest BCUT2D eigenvalue weighted by atomic mass is 32.2. The lowest BCUT2D eigenvalue weighted by Gasteiger charge is -2.36. The number of hydrogen-bond acceptors (Lipinski definition) is 8. The van der Waals surface area contributed by atoms with Crippen molar-refractivity contribution >= 4 is 40.6 Å². The molecule has 2 aromatic carbocycles. The van der Waals surface area contributed by atoms with E-state index in [1.807, 2.05) is 30.3 Å². The van der Waals surface area contributed by atoms with Crippen LogP contribution in [0.5, 0.6) is 17.2 Å². The third-order valence-electron chi connectivity index (χ3n) is 5.91. The van der Waals surface area contributed by atoms with Crippen molar-refractivity contribution in [3.05, 3.63) is 52.9 Å². The number of imide groups is 1. The number of carbonyl (C=O) groups excluding carboxylic acids is 3. The van der Waals surface area contributed by atoms with Crippen LogP contribution < -0.4 is 19.1 Å². The number of ether oxygens (including phenoxy) is 3. The molecule has 184 valence electrons. The molecule has 0 N–H and O–H groups in total. The van der Waals surface area contributed by atoms with E-state index < -0.39 is 11.1 Å². The van der Waals surface area contributed by atoms with Crippen molar-refractivity contribution in [2.75, 3.05) is 59.0 Å². The highest BCUT2D eigenvalue weighted by Crippen LogP contribution is 2.40. The van der Waals surface area contributed by atoms with E-state index in [1.54, 1.807) is 23.1 Å². The van der Waals surface area contributed by atoms with Crippen molar-refractivity contribution in [2.24, 2.45) is 0 Å². The van der Waals surface area contributed by atoms with Crippen LogP contribution in [0, 0.1) is 0 Å². The molecule has 4 rings (SSSR count). The van der Waals surface area contributed by atoms with Gasteiger partial charge < -0.3 is 24.0 Å². The fourth-order valence-electron chi connectivity index (χ4n) is 4.06. The van der Waals surface area contributed by atoms with Crippen molar-refractivity contribution in [1.82, 2.24) is 9.80 Å². The molecule has 0 atom stereocenters. The molecule has 10 heteroatoms. The summed E-state index contributed by atoms with van der Waals surface area (Å²) in [6, 6.07) is 13.4. The lowest BCUT2D eigenvalue weighted by Crippen LogP contribution is -2.51. The zero-order valence-electron chi connectivity index (χ0n) is 19.9. The van der Waals surface area contributed by atoms with Crippen LogP contribution in [0.2, 0.25) is 0 Å². The van der Waals surface area contributed by atoms with E-state index in [1.165, 1.54) is 21.3 Å². The molecule has 0 aliphatic carbocycles. The second-order valence-corrected chi connectivity index (χ2v) is 8.92. The number of piperazine rings is 1. The number of para-hydroxylation sites is 1. The molecule has 3 amide bonds. The average Bonchev–Trinajstić information content (AvgIpc) is 3.15. The number of nitrogens with zero attached hydrogens (tertiary/aromatic N) is 3. The molecule has 0 unspecified atom stereocenters. The number of benzene rings is 2. The van der Waals surface area contributed by atoms with Crippen LogP contribution in [0.3, 0.4) is 0 Å². The SMILES string of the molecule is COc1cc(/C=C2/SC(=O)N(CC(=O)N3CCN(c4ccccc4)CC3)C2=O)cc(OC)c1OC. The van der Waals surface area contributed by atoms with Crippen molar-refractivity contribution in [3.8, 4) is 17.2 Å². The molecule has 0 spiro atoms. The molecule has 2 fully saturated rings. The standard InChI is InChI=1S/C25H27N3O6S/c1-32-19-13-17(14-20(33-2)23(19)34-3)15-21-24(30)28(25(31)35-21)16-22(29)27-11-9-26(10-12-27)18-7-5-4-6-8-18/h4-8,13-15H,9-12,16H2,1-3H3/b21-15+. The fraction of sp³-hybridized carbons (Fsp3) is 0.320. The van der Waals surface area contributed by atoms with Crippen molar-refractivity contribution < 1.29 is 28.6 Å². The number of anilines is 1. The van der Waals surface area contributed by atoms with Gasteiger partial charge in [0, 0.05) is 31.9 Å². The van der Waals surface area contributed by atoms with Crippen molar-refractivity contribution in [1.29, 1.82) is 0 Å². The zero-order chi connectivity index (χ0) is 24.9. The Morgan fingerprint density at radius 2 is 1.57 bits per heavy atom. The summed E-state index contributed by atoms with van der Waals surface area (Å²) in [5.74, 6) is 0.557. The van der Waals surface area contributed by atoms with Gasteiger partial charge in [0.15, 0.2) is 11.5 Å². The van der Waals surface area contributed by atoms with Crippen LogP contribution in [-0.4, -0.2) is 80.9 Å². The number of amides is 3. The van der Waals surface area contributed by atoms with Crippen LogP contribution in [0.4, 0.5) is 10.5 Å². The summed E-state index contributed by atoms with van der Waals surface area (Å²) in [5, 5.41) is -0.468. The summed E-state index contributed by atoms with van der Waals surface area (Å²) in [6.45, 7) is 2.18. The smallest absolute Gasteiger partial charge is 0.294 e. The first-order chi connectivity index (χ1) is 16.9. The Balaban J connectivity index is 1.42. The molecule has 2 saturated heterocycles. The average molecular weight is 498 g/mol. The van der Waals surface area contributed by atoms with Gasteiger partial charge in [-0.3, -0.25) is 19.3 Å². The third kappa shape index (κ3) is 5.22. The summed E-state index contributed by atoms with van der Waals surface area (Å²) >= 11 is 0.806. The predicted octanol–water partition coefficient (Wildman–Crippen LogP) is 3.10. The molecule has 0 saturated carbocycles. The van der Waals surface area contributed by atoms with Gasteiger partial charge in [-0.15, -0.1) is 0 Å². The summed E-state index contributed by atoms with van der Waals surface area (Å²) in [7, 11) is 4.50. The van der Waals surface area contributed by atoms with Crippen molar-refractivity contribution in [3.63, 3.8) is 0 Å². The Hall–Kier alpha value is -3.66. The highest BCUT2D eigenvalue weighted by Gasteiger charge is 2.37. The van der Waals surface area contributed by atoms with Crippen LogP contribution in [0.25, 0.3) is 6.08 Å². The van der Waals surface area contributed by atoms with Gasteiger partial charge in [0.2, 0.25) is 11.7 Å². The third-order valence-corrected chi connectivity index (χ3v) is 6.81. The zero-order valence-corrected chi connectivity index (χ0v) is 20.7. The number of methoxy groups -OCH3 is 3. The number of carbonyl (C=O) groups is 3. The van der Waals surface area contributed by atoms with E-state index in [-0.39, 0.29) is 17.4 Å². The van der Waals surface area contributed by atoms with Gasteiger partial charge in [0.05, 0.1) is 26.2 Å². The fourth-order valence-corrected chi connectivity index (χ4v) is 4.90. The van der Waals surface area contributed by atoms with E-state index in [0.29, 0.717) is 49.0 Å². The molecule has 35 heavy (non-hydrogen) atoms. The predicted molar refractivity (Wildman–Crippen MR) is 134 cm³/mol. The van der Waals surface area contributed by atoms with E-state index >= 15 is 0 Å². The van der Waals surface area contributed by atoms with E-state index in [0.717, 1.165) is 22.3 Å². The van der Waals surface area contributed by atoms with E-state index in [4.69, 9.17) is 14.2 Å². The Morgan fingerprint density at radius 1 is 0.943 bits per heavy atom. The normalized spacial score (nSPS) is 17.2. The first kappa shape index (κ1) is 24.5. The largest absolute Gasteiger partial charge is 0.493 e. The molecule has 2 heterocycles. The minimum Gasteiger partial charge on any atom is -0.493 e. The first-order valence-electron chi connectivity index (χ1n) is 11.1. The van der Waals surface area contributed by atoms with Crippen LogP contribution in [0.1, 0.15) is 5.56 Å². The molecule has 2 aromatic rings. The lowest BCUT2D eigenvalue weighted by molar-refractivity contribution is -0.136. The number of rotatable bonds is 7. The van der Waals surface area contributed by atoms with Crippen LogP contribution >= 0.6 is 11.8 Å². The number of thioether (sulfide) groups is 1. The Labute approximate surface area is 208 Å².